The number of hydrogen-bond acceptors (Lipinski definition) is 4. The highest BCUT2D eigenvalue weighted by atomic mass is 79.9. The molecule has 1 aromatic rings. The Morgan fingerprint density at radius 3 is 2.81 bits per heavy atom. The van der Waals surface area contributed by atoms with Crippen molar-refractivity contribution in [3.05, 3.63) is 22.2 Å². The largest absolute Gasteiger partial charge is 0.486 e. The summed E-state index contributed by atoms with van der Waals surface area (Å²) >= 11 is 3.54. The molecule has 0 unspecified atom stereocenters. The predicted molar refractivity (Wildman–Crippen MR) is 86.9 cm³/mol. The van der Waals surface area contributed by atoms with Crippen molar-refractivity contribution in [1.82, 2.24) is 5.32 Å². The predicted octanol–water partition coefficient (Wildman–Crippen LogP) is 3.11. The minimum atomic E-state index is 0.188. The first kappa shape index (κ1) is 16.6. The number of ether oxygens (including phenoxy) is 2. The van der Waals surface area contributed by atoms with Gasteiger partial charge in [0, 0.05) is 19.7 Å². The van der Waals surface area contributed by atoms with E-state index in [1.54, 1.807) is 0 Å². The first-order chi connectivity index (χ1) is 10.0. The fourth-order valence-electron chi connectivity index (χ4n) is 2.46. The summed E-state index contributed by atoms with van der Waals surface area (Å²) in [5.74, 6) is 1.61. The van der Waals surface area contributed by atoms with E-state index >= 15 is 0 Å². The Balaban J connectivity index is 1.90. The van der Waals surface area contributed by atoms with Gasteiger partial charge in [0.1, 0.15) is 13.2 Å². The van der Waals surface area contributed by atoms with Gasteiger partial charge in [-0.1, -0.05) is 13.8 Å². The highest BCUT2D eigenvalue weighted by Gasteiger charge is 2.18. The summed E-state index contributed by atoms with van der Waals surface area (Å²) < 4.78 is 12.2. The van der Waals surface area contributed by atoms with Crippen LogP contribution in [0.5, 0.6) is 11.5 Å². The second-order valence-corrected chi connectivity index (χ2v) is 7.05. The lowest BCUT2D eigenvalue weighted by molar-refractivity contribution is 0.170. The van der Waals surface area contributed by atoms with Gasteiger partial charge in [-0.15, -0.1) is 0 Å². The molecule has 118 valence electrons. The van der Waals surface area contributed by atoms with Crippen LogP contribution in [0.15, 0.2) is 16.6 Å². The van der Waals surface area contributed by atoms with E-state index in [1.165, 1.54) is 5.56 Å². The molecule has 0 saturated carbocycles. The van der Waals surface area contributed by atoms with Crippen LogP contribution in [0, 0.1) is 5.41 Å². The average molecular weight is 358 g/mol. The molecule has 2 N–H and O–H groups in total. The van der Waals surface area contributed by atoms with Crippen molar-refractivity contribution < 1.29 is 14.6 Å². The zero-order valence-electron chi connectivity index (χ0n) is 12.7. The maximum atomic E-state index is 8.92. The average Bonchev–Trinajstić information content (AvgIpc) is 2.45. The highest BCUT2D eigenvalue weighted by Crippen LogP contribution is 2.38. The smallest absolute Gasteiger partial charge is 0.175 e. The third-order valence-corrected chi connectivity index (χ3v) is 4.19. The topological polar surface area (TPSA) is 50.7 Å². The van der Waals surface area contributed by atoms with E-state index in [0.29, 0.717) is 13.2 Å². The molecule has 1 aromatic carbocycles. The van der Waals surface area contributed by atoms with Gasteiger partial charge in [0.25, 0.3) is 0 Å². The molecule has 0 spiro atoms. The number of fused-ring (bicyclic) bond motifs is 1. The van der Waals surface area contributed by atoms with Crippen LogP contribution >= 0.6 is 15.9 Å². The Morgan fingerprint density at radius 1 is 1.29 bits per heavy atom. The highest BCUT2D eigenvalue weighted by molar-refractivity contribution is 9.10. The first-order valence-electron chi connectivity index (χ1n) is 7.41. The van der Waals surface area contributed by atoms with E-state index in [-0.39, 0.29) is 12.0 Å². The Labute approximate surface area is 135 Å². The molecule has 0 radical (unpaired) electrons. The third kappa shape index (κ3) is 4.87. The van der Waals surface area contributed by atoms with Crippen LogP contribution in [0.25, 0.3) is 0 Å². The SMILES string of the molecule is CC(C)(CCCO)CNCc1cc(Br)c2c(c1)OCCO2. The summed E-state index contributed by atoms with van der Waals surface area (Å²) in [6.07, 6.45) is 1.87. The van der Waals surface area contributed by atoms with Crippen LogP contribution in [0.4, 0.5) is 0 Å². The summed E-state index contributed by atoms with van der Waals surface area (Å²) in [5, 5.41) is 12.4. The van der Waals surface area contributed by atoms with Crippen LogP contribution in [0.1, 0.15) is 32.3 Å². The van der Waals surface area contributed by atoms with E-state index in [9.17, 15) is 0 Å². The second kappa shape index (κ2) is 7.47. The zero-order valence-corrected chi connectivity index (χ0v) is 14.3. The van der Waals surface area contributed by atoms with Gasteiger partial charge in [0.05, 0.1) is 4.47 Å². The maximum Gasteiger partial charge on any atom is 0.175 e. The van der Waals surface area contributed by atoms with Crippen molar-refractivity contribution in [2.45, 2.75) is 33.2 Å². The Bertz CT molecular complexity index is 477. The molecule has 21 heavy (non-hydrogen) atoms. The van der Waals surface area contributed by atoms with Gasteiger partial charge in [-0.3, -0.25) is 0 Å². The van der Waals surface area contributed by atoms with E-state index in [4.69, 9.17) is 14.6 Å². The number of nitrogens with one attached hydrogen (secondary N) is 1. The molecule has 0 bridgehead atoms. The molecule has 2 rings (SSSR count). The fraction of sp³-hybridized carbons (Fsp3) is 0.625. The maximum absolute atomic E-state index is 8.92. The standard InChI is InChI=1S/C16H24BrNO3/c1-16(2,4-3-5-19)11-18-10-12-8-13(17)15-14(9-12)20-6-7-21-15/h8-9,18-19H,3-7,10-11H2,1-2H3. The number of hydrogen-bond donors (Lipinski definition) is 2. The first-order valence-corrected chi connectivity index (χ1v) is 8.21. The lowest BCUT2D eigenvalue weighted by atomic mass is 9.88. The van der Waals surface area contributed by atoms with Crippen molar-refractivity contribution >= 4 is 15.9 Å². The molecule has 1 heterocycles. The van der Waals surface area contributed by atoms with Gasteiger partial charge in [-0.25, -0.2) is 0 Å². The van der Waals surface area contributed by atoms with Crippen molar-refractivity contribution in [2.75, 3.05) is 26.4 Å². The Hall–Kier alpha value is -0.780. The third-order valence-electron chi connectivity index (χ3n) is 3.60. The second-order valence-electron chi connectivity index (χ2n) is 6.20. The van der Waals surface area contributed by atoms with Crippen LogP contribution in [0.2, 0.25) is 0 Å². The number of aliphatic hydroxyl groups excluding tert-OH is 1. The molecule has 0 aromatic heterocycles. The molecule has 1 aliphatic heterocycles. The van der Waals surface area contributed by atoms with E-state index in [1.807, 2.05) is 6.07 Å². The quantitative estimate of drug-likeness (QED) is 0.787. The van der Waals surface area contributed by atoms with Gasteiger partial charge in [0.15, 0.2) is 11.5 Å². The molecular weight excluding hydrogens is 334 g/mol. The summed E-state index contributed by atoms with van der Waals surface area (Å²) in [4.78, 5) is 0. The fourth-order valence-corrected chi connectivity index (χ4v) is 3.06. The van der Waals surface area contributed by atoms with Crippen LogP contribution in [-0.2, 0) is 6.54 Å². The molecule has 5 heteroatoms. The zero-order chi connectivity index (χ0) is 15.3. The number of aliphatic hydroxyl groups is 1. The number of rotatable bonds is 7. The van der Waals surface area contributed by atoms with Crippen molar-refractivity contribution in [1.29, 1.82) is 0 Å². The van der Waals surface area contributed by atoms with Gasteiger partial charge >= 0.3 is 0 Å². The van der Waals surface area contributed by atoms with Crippen molar-refractivity contribution in [3.63, 3.8) is 0 Å². The monoisotopic (exact) mass is 357 g/mol. The molecule has 0 atom stereocenters. The number of halogens is 1. The van der Waals surface area contributed by atoms with Crippen molar-refractivity contribution in [3.8, 4) is 11.5 Å². The van der Waals surface area contributed by atoms with Crippen LogP contribution in [-0.4, -0.2) is 31.5 Å². The molecule has 0 amide bonds. The summed E-state index contributed by atoms with van der Waals surface area (Å²) in [7, 11) is 0. The van der Waals surface area contributed by atoms with Gasteiger partial charge < -0.3 is 19.9 Å². The minimum absolute atomic E-state index is 0.188. The summed E-state index contributed by atoms with van der Waals surface area (Å²) in [6.45, 7) is 7.60. The lowest BCUT2D eigenvalue weighted by Gasteiger charge is -2.25. The summed E-state index contributed by atoms with van der Waals surface area (Å²) in [5.41, 5.74) is 1.36. The normalized spacial score (nSPS) is 14.3. The van der Waals surface area contributed by atoms with Crippen LogP contribution < -0.4 is 14.8 Å². The van der Waals surface area contributed by atoms with E-state index in [2.05, 4.69) is 41.2 Å². The molecule has 0 aliphatic carbocycles. The molecule has 1 aliphatic rings. The van der Waals surface area contributed by atoms with Gasteiger partial charge in [-0.05, 0) is 51.9 Å². The van der Waals surface area contributed by atoms with E-state index < -0.39 is 0 Å². The van der Waals surface area contributed by atoms with E-state index in [0.717, 1.165) is 41.9 Å². The minimum Gasteiger partial charge on any atom is -0.486 e. The molecular formula is C16H24BrNO3. The van der Waals surface area contributed by atoms with Gasteiger partial charge in [-0.2, -0.15) is 0 Å². The molecule has 0 fully saturated rings. The molecule has 0 saturated heterocycles. The summed E-state index contributed by atoms with van der Waals surface area (Å²) in [6, 6.07) is 4.11. The Kier molecular flexibility index (Phi) is 5.90. The van der Waals surface area contributed by atoms with Crippen LogP contribution in [0.3, 0.4) is 0 Å². The van der Waals surface area contributed by atoms with Gasteiger partial charge in [0.2, 0.25) is 0 Å². The number of benzene rings is 1. The molecule has 4 nitrogen and oxygen atoms in total. The lowest BCUT2D eigenvalue weighted by Crippen LogP contribution is -2.29. The Morgan fingerprint density at radius 2 is 2.05 bits per heavy atom. The van der Waals surface area contributed by atoms with Crippen molar-refractivity contribution in [2.24, 2.45) is 5.41 Å².